The molecular formula is C31H27N3O4. The normalized spacial score (nSPS) is 18.2. The molecule has 2 unspecified atom stereocenters. The van der Waals surface area contributed by atoms with Crippen molar-refractivity contribution >= 4 is 11.7 Å². The van der Waals surface area contributed by atoms with Gasteiger partial charge in [0.25, 0.3) is 5.91 Å². The summed E-state index contributed by atoms with van der Waals surface area (Å²) in [6.45, 7) is 5.39. The van der Waals surface area contributed by atoms with E-state index in [1.54, 1.807) is 0 Å². The van der Waals surface area contributed by atoms with Crippen LogP contribution in [0, 0.1) is 13.8 Å². The Balaban J connectivity index is 1.14. The number of aromatic nitrogens is 1. The molecule has 1 amide bonds. The maximum absolute atomic E-state index is 13.1. The van der Waals surface area contributed by atoms with Crippen molar-refractivity contribution in [2.24, 2.45) is 0 Å². The number of ether oxygens (including phenoxy) is 3. The predicted octanol–water partition coefficient (Wildman–Crippen LogP) is 5.17. The number of para-hydroxylation sites is 1. The Bertz CT molecular complexity index is 1610. The van der Waals surface area contributed by atoms with Gasteiger partial charge in [0, 0.05) is 23.4 Å². The number of hydrogen-bond donors (Lipinski definition) is 2. The molecule has 7 rings (SSSR count). The summed E-state index contributed by atoms with van der Waals surface area (Å²) in [6, 6.07) is 20.1. The van der Waals surface area contributed by atoms with E-state index in [1.165, 1.54) is 0 Å². The molecule has 3 aliphatic rings. The second-order valence-corrected chi connectivity index (χ2v) is 10.0. The smallest absolute Gasteiger partial charge is 0.251 e. The quantitative estimate of drug-likeness (QED) is 0.397. The number of nitrogens with zero attached hydrogens (tertiary/aromatic N) is 1. The van der Waals surface area contributed by atoms with Crippen LogP contribution >= 0.6 is 0 Å². The summed E-state index contributed by atoms with van der Waals surface area (Å²) in [7, 11) is 0. The summed E-state index contributed by atoms with van der Waals surface area (Å²) in [4.78, 5) is 17.4. The Morgan fingerprint density at radius 1 is 0.947 bits per heavy atom. The minimum absolute atomic E-state index is 0.127. The Morgan fingerprint density at radius 2 is 1.71 bits per heavy atom. The van der Waals surface area contributed by atoms with Crippen LogP contribution in [0.1, 0.15) is 61.6 Å². The summed E-state index contributed by atoms with van der Waals surface area (Å²) in [5, 5.41) is 3.04. The molecule has 0 aliphatic carbocycles. The van der Waals surface area contributed by atoms with Crippen LogP contribution in [0.15, 0.2) is 60.7 Å². The van der Waals surface area contributed by atoms with Crippen LogP contribution in [0.5, 0.6) is 11.5 Å². The standard InChI is InChI=1S/C31H27N3O4/c1-16-12-27(32)34-17(2)25(16)15-33-31(35)19-7-9-22-24(14-19)29-21-8-6-18(13-23(21)28(22)38-29)20-4-3-5-26-30(20)37-11-10-36-26/h3-9,12-14,28-29H,10-11,15H2,1-2H3,(H2,32,34)(H,33,35). The number of hydrogen-bond acceptors (Lipinski definition) is 6. The van der Waals surface area contributed by atoms with Gasteiger partial charge in [-0.25, -0.2) is 4.98 Å². The topological polar surface area (TPSA) is 95.7 Å². The Morgan fingerprint density at radius 3 is 2.53 bits per heavy atom. The molecule has 190 valence electrons. The van der Waals surface area contributed by atoms with Gasteiger partial charge in [-0.05, 0) is 83.1 Å². The summed E-state index contributed by atoms with van der Waals surface area (Å²) < 4.78 is 18.1. The maximum Gasteiger partial charge on any atom is 0.251 e. The van der Waals surface area contributed by atoms with E-state index in [-0.39, 0.29) is 18.1 Å². The first-order chi connectivity index (χ1) is 18.5. The van der Waals surface area contributed by atoms with Crippen molar-refractivity contribution in [3.63, 3.8) is 0 Å². The van der Waals surface area contributed by atoms with Gasteiger partial charge in [0.1, 0.15) is 31.2 Å². The fourth-order valence-corrected chi connectivity index (χ4v) is 5.88. The molecule has 0 saturated carbocycles. The lowest BCUT2D eigenvalue weighted by atomic mass is 9.83. The van der Waals surface area contributed by atoms with Gasteiger partial charge in [0.15, 0.2) is 11.5 Å². The SMILES string of the molecule is Cc1cc(N)nc(C)c1CNC(=O)c1ccc2c(c1)C1OC2c2cc(-c3cccc4c3OCCO4)ccc21. The number of aryl methyl sites for hydroxylation is 2. The highest BCUT2D eigenvalue weighted by atomic mass is 16.6. The van der Waals surface area contributed by atoms with Crippen molar-refractivity contribution in [2.75, 3.05) is 18.9 Å². The highest BCUT2D eigenvalue weighted by molar-refractivity contribution is 5.94. The number of anilines is 1. The molecule has 4 heterocycles. The van der Waals surface area contributed by atoms with Gasteiger partial charge in [-0.2, -0.15) is 0 Å². The molecule has 0 saturated heterocycles. The van der Waals surface area contributed by atoms with Crippen LogP contribution in [0.3, 0.4) is 0 Å². The van der Waals surface area contributed by atoms with E-state index in [0.29, 0.717) is 31.1 Å². The van der Waals surface area contributed by atoms with Crippen molar-refractivity contribution in [1.82, 2.24) is 10.3 Å². The molecule has 0 spiro atoms. The van der Waals surface area contributed by atoms with E-state index >= 15 is 0 Å². The number of pyridine rings is 1. The fourth-order valence-electron chi connectivity index (χ4n) is 5.88. The summed E-state index contributed by atoms with van der Waals surface area (Å²) in [5.74, 6) is 1.93. The molecule has 7 heteroatoms. The van der Waals surface area contributed by atoms with Crippen molar-refractivity contribution in [3.8, 4) is 22.6 Å². The highest BCUT2D eigenvalue weighted by Gasteiger charge is 2.43. The molecule has 7 nitrogen and oxygen atoms in total. The molecule has 2 bridgehead atoms. The second-order valence-electron chi connectivity index (χ2n) is 10.0. The molecule has 0 radical (unpaired) electrons. The van der Waals surface area contributed by atoms with Crippen molar-refractivity contribution in [1.29, 1.82) is 0 Å². The number of nitrogens with one attached hydrogen (secondary N) is 1. The van der Waals surface area contributed by atoms with Gasteiger partial charge in [-0.1, -0.05) is 30.3 Å². The zero-order valence-electron chi connectivity index (χ0n) is 21.2. The number of fused-ring (bicyclic) bond motifs is 9. The molecule has 3 aliphatic heterocycles. The van der Waals surface area contributed by atoms with E-state index in [0.717, 1.165) is 61.7 Å². The minimum Gasteiger partial charge on any atom is -0.486 e. The van der Waals surface area contributed by atoms with Crippen LogP contribution in [-0.2, 0) is 11.3 Å². The lowest BCUT2D eigenvalue weighted by molar-refractivity contribution is 0.0857. The van der Waals surface area contributed by atoms with Crippen LogP contribution in [0.4, 0.5) is 5.82 Å². The van der Waals surface area contributed by atoms with Gasteiger partial charge < -0.3 is 25.3 Å². The van der Waals surface area contributed by atoms with Crippen LogP contribution in [-0.4, -0.2) is 24.1 Å². The van der Waals surface area contributed by atoms with Crippen molar-refractivity contribution in [2.45, 2.75) is 32.6 Å². The van der Waals surface area contributed by atoms with E-state index in [4.69, 9.17) is 19.9 Å². The number of carbonyl (C=O) groups is 1. The second kappa shape index (κ2) is 8.60. The number of carbonyl (C=O) groups excluding carboxylic acids is 1. The van der Waals surface area contributed by atoms with Gasteiger partial charge in [0.05, 0.1) is 0 Å². The fraction of sp³-hybridized carbons (Fsp3) is 0.226. The first kappa shape index (κ1) is 22.8. The average molecular weight is 506 g/mol. The minimum atomic E-state index is -0.179. The number of nitrogen functional groups attached to an aromatic ring is 1. The molecule has 3 N–H and O–H groups in total. The third-order valence-electron chi connectivity index (χ3n) is 7.71. The lowest BCUT2D eigenvalue weighted by Gasteiger charge is -2.22. The zero-order valence-corrected chi connectivity index (χ0v) is 21.2. The summed E-state index contributed by atoms with van der Waals surface area (Å²) in [6.07, 6.45) is -0.327. The van der Waals surface area contributed by atoms with Gasteiger partial charge in [-0.15, -0.1) is 0 Å². The first-order valence-electron chi connectivity index (χ1n) is 12.8. The van der Waals surface area contributed by atoms with Crippen molar-refractivity contribution < 1.29 is 19.0 Å². The molecular weight excluding hydrogens is 478 g/mol. The molecule has 0 fully saturated rings. The predicted molar refractivity (Wildman–Crippen MR) is 143 cm³/mol. The maximum atomic E-state index is 13.1. The van der Waals surface area contributed by atoms with Crippen LogP contribution < -0.4 is 20.5 Å². The number of benzene rings is 3. The summed E-state index contributed by atoms with van der Waals surface area (Å²) >= 11 is 0. The van der Waals surface area contributed by atoms with Gasteiger partial charge in [0.2, 0.25) is 0 Å². The van der Waals surface area contributed by atoms with Crippen LogP contribution in [0.25, 0.3) is 11.1 Å². The number of nitrogens with two attached hydrogens (primary N) is 1. The largest absolute Gasteiger partial charge is 0.486 e. The first-order valence-corrected chi connectivity index (χ1v) is 12.8. The van der Waals surface area contributed by atoms with Crippen molar-refractivity contribution in [3.05, 3.63) is 105 Å². The molecule has 2 atom stereocenters. The van der Waals surface area contributed by atoms with E-state index < -0.39 is 0 Å². The number of amides is 1. The molecule has 3 aromatic carbocycles. The molecule has 38 heavy (non-hydrogen) atoms. The van der Waals surface area contributed by atoms with Crippen LogP contribution in [0.2, 0.25) is 0 Å². The van der Waals surface area contributed by atoms with E-state index in [1.807, 2.05) is 50.2 Å². The monoisotopic (exact) mass is 505 g/mol. The molecule has 1 aromatic heterocycles. The third-order valence-corrected chi connectivity index (χ3v) is 7.71. The Hall–Kier alpha value is -4.36. The Kier molecular flexibility index (Phi) is 5.16. The van der Waals surface area contributed by atoms with E-state index in [9.17, 15) is 4.79 Å². The lowest BCUT2D eigenvalue weighted by Crippen LogP contribution is -2.24. The average Bonchev–Trinajstić information content (AvgIpc) is 3.49. The zero-order chi connectivity index (χ0) is 26.0. The van der Waals surface area contributed by atoms with E-state index in [2.05, 4.69) is 34.6 Å². The highest BCUT2D eigenvalue weighted by Crippen LogP contribution is 2.55. The van der Waals surface area contributed by atoms with Gasteiger partial charge >= 0.3 is 0 Å². The molecule has 4 aromatic rings. The van der Waals surface area contributed by atoms with Gasteiger partial charge in [-0.3, -0.25) is 4.79 Å². The Labute approximate surface area is 220 Å². The number of rotatable bonds is 4. The third kappa shape index (κ3) is 3.54. The summed E-state index contributed by atoms with van der Waals surface area (Å²) in [5.41, 5.74) is 15.8.